The number of nitrogens with zero attached hydrogens (tertiary/aromatic N) is 2. The van der Waals surface area contributed by atoms with Crippen LogP contribution in [-0.4, -0.2) is 9.97 Å². The maximum absolute atomic E-state index is 5.68. The maximum atomic E-state index is 5.68. The highest BCUT2D eigenvalue weighted by Crippen LogP contribution is 2.32. The number of hydrogen-bond acceptors (Lipinski definition) is 4. The standard InChI is InChI=1S/C17H22N4/c1-17(2,12-8-4-3-5-9-12)16-19-14-11-7-6-10-13(14)15(20-16)21-18/h3-5,8-9H,6-7,10-11,18H2,1-2H3,(H,19,20,21). The van der Waals surface area contributed by atoms with Gasteiger partial charge in [-0.2, -0.15) is 0 Å². The molecule has 0 aliphatic heterocycles. The van der Waals surface area contributed by atoms with Gasteiger partial charge in [-0.1, -0.05) is 30.3 Å². The summed E-state index contributed by atoms with van der Waals surface area (Å²) >= 11 is 0. The van der Waals surface area contributed by atoms with Crippen LogP contribution in [0.1, 0.15) is 49.3 Å². The summed E-state index contributed by atoms with van der Waals surface area (Å²) in [5.41, 5.74) is 6.09. The quantitative estimate of drug-likeness (QED) is 0.671. The molecule has 0 atom stereocenters. The fraction of sp³-hybridized carbons (Fsp3) is 0.412. The van der Waals surface area contributed by atoms with Crippen molar-refractivity contribution in [3.63, 3.8) is 0 Å². The van der Waals surface area contributed by atoms with Gasteiger partial charge in [-0.15, -0.1) is 0 Å². The summed E-state index contributed by atoms with van der Waals surface area (Å²) in [5.74, 6) is 7.31. The smallest absolute Gasteiger partial charge is 0.147 e. The first-order valence-corrected chi connectivity index (χ1v) is 7.55. The second-order valence-electron chi connectivity index (χ2n) is 6.16. The molecule has 0 unspecified atom stereocenters. The molecule has 0 saturated heterocycles. The van der Waals surface area contributed by atoms with Gasteiger partial charge in [0.1, 0.15) is 11.6 Å². The van der Waals surface area contributed by atoms with Crippen molar-refractivity contribution >= 4 is 5.82 Å². The summed E-state index contributed by atoms with van der Waals surface area (Å²) in [6.07, 6.45) is 4.41. The van der Waals surface area contributed by atoms with E-state index in [1.54, 1.807) is 0 Å². The van der Waals surface area contributed by atoms with Crippen molar-refractivity contribution in [1.82, 2.24) is 9.97 Å². The number of anilines is 1. The summed E-state index contributed by atoms with van der Waals surface area (Å²) in [5, 5.41) is 0. The van der Waals surface area contributed by atoms with Crippen LogP contribution < -0.4 is 11.3 Å². The minimum Gasteiger partial charge on any atom is -0.308 e. The third-order valence-corrected chi connectivity index (χ3v) is 4.37. The van der Waals surface area contributed by atoms with Crippen molar-refractivity contribution in [3.05, 3.63) is 53.0 Å². The van der Waals surface area contributed by atoms with E-state index >= 15 is 0 Å². The average Bonchev–Trinajstić information content (AvgIpc) is 2.54. The van der Waals surface area contributed by atoms with Gasteiger partial charge in [-0.05, 0) is 45.1 Å². The molecule has 1 aliphatic carbocycles. The van der Waals surface area contributed by atoms with Gasteiger partial charge in [0.25, 0.3) is 0 Å². The zero-order valence-electron chi connectivity index (χ0n) is 12.7. The topological polar surface area (TPSA) is 63.8 Å². The van der Waals surface area contributed by atoms with Crippen molar-refractivity contribution in [2.75, 3.05) is 5.43 Å². The van der Waals surface area contributed by atoms with Crippen LogP contribution >= 0.6 is 0 Å². The summed E-state index contributed by atoms with van der Waals surface area (Å²) < 4.78 is 0. The molecule has 3 N–H and O–H groups in total. The third-order valence-electron chi connectivity index (χ3n) is 4.37. The minimum atomic E-state index is -0.237. The van der Waals surface area contributed by atoms with E-state index in [2.05, 4.69) is 43.5 Å². The molecule has 0 spiro atoms. The molecule has 4 nitrogen and oxygen atoms in total. The number of rotatable bonds is 3. The van der Waals surface area contributed by atoms with Crippen LogP contribution in [0.25, 0.3) is 0 Å². The Kier molecular flexibility index (Phi) is 3.64. The van der Waals surface area contributed by atoms with Crippen LogP contribution in [0.2, 0.25) is 0 Å². The first-order valence-electron chi connectivity index (χ1n) is 7.55. The molecule has 0 saturated carbocycles. The maximum Gasteiger partial charge on any atom is 0.147 e. The number of nitrogen functional groups attached to an aromatic ring is 1. The number of fused-ring (bicyclic) bond motifs is 1. The molecule has 2 aromatic rings. The monoisotopic (exact) mass is 282 g/mol. The highest BCUT2D eigenvalue weighted by Gasteiger charge is 2.29. The third kappa shape index (κ3) is 2.51. The predicted molar refractivity (Wildman–Crippen MR) is 85.1 cm³/mol. The van der Waals surface area contributed by atoms with Crippen LogP contribution in [0, 0.1) is 0 Å². The second-order valence-corrected chi connectivity index (χ2v) is 6.16. The number of benzene rings is 1. The fourth-order valence-electron chi connectivity index (χ4n) is 2.98. The van der Waals surface area contributed by atoms with Gasteiger partial charge in [0, 0.05) is 16.7 Å². The molecule has 1 heterocycles. The fourth-order valence-corrected chi connectivity index (χ4v) is 2.98. The number of nitrogens with one attached hydrogen (secondary N) is 1. The summed E-state index contributed by atoms with van der Waals surface area (Å²) in [7, 11) is 0. The van der Waals surface area contributed by atoms with E-state index in [4.69, 9.17) is 15.8 Å². The lowest BCUT2D eigenvalue weighted by Gasteiger charge is -2.27. The Bertz CT molecular complexity index is 617. The Labute approximate surface area is 125 Å². The van der Waals surface area contributed by atoms with E-state index in [0.29, 0.717) is 0 Å². The van der Waals surface area contributed by atoms with Crippen LogP contribution in [0.3, 0.4) is 0 Å². The number of aromatic nitrogens is 2. The van der Waals surface area contributed by atoms with Gasteiger partial charge in [0.15, 0.2) is 0 Å². The van der Waals surface area contributed by atoms with Crippen molar-refractivity contribution in [1.29, 1.82) is 0 Å². The molecule has 1 aliphatic rings. The highest BCUT2D eigenvalue weighted by molar-refractivity contribution is 5.48. The Hall–Kier alpha value is -1.94. The summed E-state index contributed by atoms with van der Waals surface area (Å²) in [6.45, 7) is 4.32. The molecule has 21 heavy (non-hydrogen) atoms. The highest BCUT2D eigenvalue weighted by atomic mass is 15.3. The number of aryl methyl sites for hydroxylation is 1. The van der Waals surface area contributed by atoms with Crippen molar-refractivity contribution < 1.29 is 0 Å². The van der Waals surface area contributed by atoms with E-state index < -0.39 is 0 Å². The van der Waals surface area contributed by atoms with Crippen LogP contribution in [0.5, 0.6) is 0 Å². The van der Waals surface area contributed by atoms with Gasteiger partial charge in [-0.3, -0.25) is 0 Å². The normalized spacial score (nSPS) is 14.6. The molecule has 0 fully saturated rings. The molecule has 1 aromatic heterocycles. The number of nitrogens with two attached hydrogens (primary N) is 1. The molecular formula is C17H22N4. The Morgan fingerprint density at radius 1 is 1.05 bits per heavy atom. The van der Waals surface area contributed by atoms with Crippen LogP contribution in [0.15, 0.2) is 30.3 Å². The van der Waals surface area contributed by atoms with Gasteiger partial charge in [-0.25, -0.2) is 15.8 Å². The number of hydrazine groups is 1. The molecule has 110 valence electrons. The average molecular weight is 282 g/mol. The molecular weight excluding hydrogens is 260 g/mol. The Balaban J connectivity index is 2.10. The van der Waals surface area contributed by atoms with Gasteiger partial charge in [0.05, 0.1) is 0 Å². The SMILES string of the molecule is CC(C)(c1ccccc1)c1nc2c(c(NN)n1)CCCC2. The van der Waals surface area contributed by atoms with E-state index in [9.17, 15) is 0 Å². The van der Waals surface area contributed by atoms with Crippen LogP contribution in [0.4, 0.5) is 5.82 Å². The first-order chi connectivity index (χ1) is 10.1. The molecule has 0 amide bonds. The molecule has 0 bridgehead atoms. The molecule has 3 rings (SSSR count). The zero-order chi connectivity index (χ0) is 14.9. The Morgan fingerprint density at radius 2 is 1.76 bits per heavy atom. The lowest BCUT2D eigenvalue weighted by atomic mass is 9.83. The molecule has 0 radical (unpaired) electrons. The number of hydrogen-bond donors (Lipinski definition) is 2. The lowest BCUT2D eigenvalue weighted by molar-refractivity contribution is 0.571. The largest absolute Gasteiger partial charge is 0.308 e. The van der Waals surface area contributed by atoms with Gasteiger partial charge < -0.3 is 5.43 Å². The van der Waals surface area contributed by atoms with Crippen LogP contribution in [-0.2, 0) is 18.3 Å². The summed E-state index contributed by atoms with van der Waals surface area (Å²) in [4.78, 5) is 9.57. The second kappa shape index (κ2) is 5.45. The molecule has 4 heteroatoms. The Morgan fingerprint density at radius 3 is 2.48 bits per heavy atom. The zero-order valence-corrected chi connectivity index (χ0v) is 12.7. The summed E-state index contributed by atoms with van der Waals surface area (Å²) in [6, 6.07) is 10.4. The van der Waals surface area contributed by atoms with E-state index in [-0.39, 0.29) is 5.41 Å². The van der Waals surface area contributed by atoms with E-state index in [1.807, 2.05) is 6.07 Å². The lowest BCUT2D eigenvalue weighted by Crippen LogP contribution is -2.26. The first kappa shape index (κ1) is 14.0. The van der Waals surface area contributed by atoms with Gasteiger partial charge >= 0.3 is 0 Å². The van der Waals surface area contributed by atoms with Gasteiger partial charge in [0.2, 0.25) is 0 Å². The minimum absolute atomic E-state index is 0.237. The predicted octanol–water partition coefficient (Wildman–Crippen LogP) is 2.97. The van der Waals surface area contributed by atoms with Crippen molar-refractivity contribution in [3.8, 4) is 0 Å². The van der Waals surface area contributed by atoms with Crippen molar-refractivity contribution in [2.45, 2.75) is 44.9 Å². The molecule has 1 aromatic carbocycles. The van der Waals surface area contributed by atoms with Crippen molar-refractivity contribution in [2.24, 2.45) is 5.84 Å². The van der Waals surface area contributed by atoms with E-state index in [0.717, 1.165) is 30.2 Å². The van der Waals surface area contributed by atoms with E-state index in [1.165, 1.54) is 24.0 Å².